The van der Waals surface area contributed by atoms with E-state index in [0.29, 0.717) is 17.9 Å². The van der Waals surface area contributed by atoms with Gasteiger partial charge in [0.25, 0.3) is 0 Å². The number of nitrogens with two attached hydrogens (primary N) is 1. The molecule has 3 N–H and O–H groups in total. The van der Waals surface area contributed by atoms with Gasteiger partial charge in [0.15, 0.2) is 0 Å². The van der Waals surface area contributed by atoms with E-state index in [1.165, 1.54) is 0 Å². The highest BCUT2D eigenvalue weighted by Gasteiger charge is 2.27. The third-order valence-corrected chi connectivity index (χ3v) is 4.20. The molecule has 0 saturated carbocycles. The fourth-order valence-corrected chi connectivity index (χ4v) is 3.04. The molecule has 1 heterocycles. The average molecular weight is 326 g/mol. The number of methoxy groups -OCH3 is 1. The molecular weight excluding hydrogens is 304 g/mol. The fourth-order valence-electron chi connectivity index (χ4n) is 3.04. The summed E-state index contributed by atoms with van der Waals surface area (Å²) in [6, 6.07) is 13.0. The molecule has 1 aliphatic heterocycles. The van der Waals surface area contributed by atoms with Gasteiger partial charge in [0.2, 0.25) is 5.91 Å². The standard InChI is InChI=1S/C19H22N2O3/c1-12-8-14-9-17(23-2)15(10-16(14)24-12)18(19(20)22)21-11-13-6-4-3-5-7-13/h3-7,9-10,12,18,21H,8,11H2,1-2H3,(H2,20,22). The van der Waals surface area contributed by atoms with Gasteiger partial charge in [-0.3, -0.25) is 10.1 Å². The maximum absolute atomic E-state index is 12.0. The first-order valence-electron chi connectivity index (χ1n) is 8.02. The van der Waals surface area contributed by atoms with Gasteiger partial charge >= 0.3 is 0 Å². The Morgan fingerprint density at radius 3 is 2.79 bits per heavy atom. The van der Waals surface area contributed by atoms with Crippen LogP contribution in [0.25, 0.3) is 0 Å². The number of primary amides is 1. The number of ether oxygens (including phenoxy) is 2. The molecule has 0 aliphatic carbocycles. The van der Waals surface area contributed by atoms with Crippen molar-refractivity contribution < 1.29 is 14.3 Å². The Bertz CT molecular complexity index is 731. The number of fused-ring (bicyclic) bond motifs is 1. The molecule has 0 saturated heterocycles. The third-order valence-electron chi connectivity index (χ3n) is 4.20. The van der Waals surface area contributed by atoms with Crippen LogP contribution in [0.2, 0.25) is 0 Å². The largest absolute Gasteiger partial charge is 0.496 e. The first-order valence-corrected chi connectivity index (χ1v) is 8.02. The summed E-state index contributed by atoms with van der Waals surface area (Å²) >= 11 is 0. The van der Waals surface area contributed by atoms with Gasteiger partial charge in [-0.1, -0.05) is 30.3 Å². The van der Waals surface area contributed by atoms with Crippen molar-refractivity contribution in [3.63, 3.8) is 0 Å². The van der Waals surface area contributed by atoms with Gasteiger partial charge in [-0.25, -0.2) is 0 Å². The van der Waals surface area contributed by atoms with Crippen LogP contribution in [-0.2, 0) is 17.8 Å². The van der Waals surface area contributed by atoms with Gasteiger partial charge < -0.3 is 15.2 Å². The number of nitrogens with one attached hydrogen (secondary N) is 1. The lowest BCUT2D eigenvalue weighted by Gasteiger charge is -2.19. The molecule has 24 heavy (non-hydrogen) atoms. The molecule has 1 aliphatic rings. The highest BCUT2D eigenvalue weighted by molar-refractivity contribution is 5.82. The number of hydrogen-bond donors (Lipinski definition) is 2. The van der Waals surface area contributed by atoms with Crippen LogP contribution in [0.15, 0.2) is 42.5 Å². The monoisotopic (exact) mass is 326 g/mol. The quantitative estimate of drug-likeness (QED) is 0.854. The van der Waals surface area contributed by atoms with Crippen molar-refractivity contribution in [2.75, 3.05) is 7.11 Å². The molecule has 0 bridgehead atoms. The lowest BCUT2D eigenvalue weighted by Crippen LogP contribution is -2.33. The number of carbonyl (C=O) groups excluding carboxylic acids is 1. The van der Waals surface area contributed by atoms with Gasteiger partial charge in [0.05, 0.1) is 7.11 Å². The van der Waals surface area contributed by atoms with Gasteiger partial charge in [-0.2, -0.15) is 0 Å². The summed E-state index contributed by atoms with van der Waals surface area (Å²) in [6.45, 7) is 2.55. The van der Waals surface area contributed by atoms with E-state index in [0.717, 1.165) is 23.3 Å². The molecule has 0 aromatic heterocycles. The van der Waals surface area contributed by atoms with Crippen molar-refractivity contribution in [2.45, 2.75) is 32.0 Å². The van der Waals surface area contributed by atoms with Crippen LogP contribution in [0.1, 0.15) is 29.7 Å². The summed E-state index contributed by atoms with van der Waals surface area (Å²) in [7, 11) is 1.60. The van der Waals surface area contributed by atoms with E-state index < -0.39 is 11.9 Å². The Hall–Kier alpha value is -2.53. The van der Waals surface area contributed by atoms with E-state index in [-0.39, 0.29) is 6.10 Å². The summed E-state index contributed by atoms with van der Waals surface area (Å²) < 4.78 is 11.3. The van der Waals surface area contributed by atoms with E-state index >= 15 is 0 Å². The zero-order valence-corrected chi connectivity index (χ0v) is 13.9. The molecule has 0 fully saturated rings. The van der Waals surface area contributed by atoms with E-state index in [1.54, 1.807) is 7.11 Å². The Kier molecular flexibility index (Phi) is 4.71. The maximum atomic E-state index is 12.0. The van der Waals surface area contributed by atoms with Crippen molar-refractivity contribution in [1.82, 2.24) is 5.32 Å². The van der Waals surface area contributed by atoms with Gasteiger partial charge in [-0.15, -0.1) is 0 Å². The van der Waals surface area contributed by atoms with E-state index in [2.05, 4.69) is 5.32 Å². The molecule has 1 amide bonds. The molecule has 0 spiro atoms. The zero-order chi connectivity index (χ0) is 17.1. The minimum Gasteiger partial charge on any atom is -0.496 e. The molecule has 5 nitrogen and oxygen atoms in total. The summed E-state index contributed by atoms with van der Waals surface area (Å²) in [5.41, 5.74) is 8.50. The van der Waals surface area contributed by atoms with E-state index in [1.807, 2.05) is 49.4 Å². The topological polar surface area (TPSA) is 73.6 Å². The normalized spacial score (nSPS) is 17.0. The van der Waals surface area contributed by atoms with Gasteiger partial charge in [0.1, 0.15) is 23.6 Å². The molecule has 2 unspecified atom stereocenters. The van der Waals surface area contributed by atoms with Crippen LogP contribution < -0.4 is 20.5 Å². The molecule has 2 aromatic carbocycles. The second kappa shape index (κ2) is 6.93. The number of rotatable bonds is 6. The number of amides is 1. The van der Waals surface area contributed by atoms with Crippen LogP contribution >= 0.6 is 0 Å². The van der Waals surface area contributed by atoms with Crippen LogP contribution in [0, 0.1) is 0 Å². The molecule has 0 radical (unpaired) electrons. The summed E-state index contributed by atoms with van der Waals surface area (Å²) in [4.78, 5) is 12.0. The highest BCUT2D eigenvalue weighted by atomic mass is 16.5. The molecule has 5 heteroatoms. The van der Waals surface area contributed by atoms with Crippen molar-refractivity contribution in [1.29, 1.82) is 0 Å². The Labute approximate surface area is 141 Å². The SMILES string of the molecule is COc1cc2c(cc1C(NCc1ccccc1)C(N)=O)OC(C)C2. The number of carbonyl (C=O) groups is 1. The van der Waals surface area contributed by atoms with E-state index in [9.17, 15) is 4.79 Å². The second-order valence-corrected chi connectivity index (χ2v) is 6.04. The first kappa shape index (κ1) is 16.3. The van der Waals surface area contributed by atoms with Crippen LogP contribution in [0.5, 0.6) is 11.5 Å². The summed E-state index contributed by atoms with van der Waals surface area (Å²) in [6.07, 6.45) is 0.967. The van der Waals surface area contributed by atoms with Gasteiger partial charge in [0, 0.05) is 24.1 Å². The first-order chi connectivity index (χ1) is 11.6. The molecular formula is C19H22N2O3. The minimum atomic E-state index is -0.648. The molecule has 126 valence electrons. The Morgan fingerprint density at radius 2 is 2.12 bits per heavy atom. The van der Waals surface area contributed by atoms with E-state index in [4.69, 9.17) is 15.2 Å². The minimum absolute atomic E-state index is 0.129. The zero-order valence-electron chi connectivity index (χ0n) is 13.9. The van der Waals surface area contributed by atoms with Crippen LogP contribution in [0.4, 0.5) is 0 Å². The van der Waals surface area contributed by atoms with Crippen molar-refractivity contribution >= 4 is 5.91 Å². The average Bonchev–Trinajstić information content (AvgIpc) is 2.94. The van der Waals surface area contributed by atoms with Crippen LogP contribution in [0.3, 0.4) is 0 Å². The fraction of sp³-hybridized carbons (Fsp3) is 0.316. The maximum Gasteiger partial charge on any atom is 0.239 e. The Balaban J connectivity index is 1.88. The molecule has 2 aromatic rings. The predicted octanol–water partition coefficient (Wildman–Crippen LogP) is 2.33. The molecule has 3 rings (SSSR count). The second-order valence-electron chi connectivity index (χ2n) is 6.04. The molecule has 2 atom stereocenters. The highest BCUT2D eigenvalue weighted by Crippen LogP contribution is 2.37. The third kappa shape index (κ3) is 3.36. The van der Waals surface area contributed by atoms with Crippen molar-refractivity contribution in [2.24, 2.45) is 5.73 Å². The lowest BCUT2D eigenvalue weighted by atomic mass is 10.0. The number of hydrogen-bond acceptors (Lipinski definition) is 4. The summed E-state index contributed by atoms with van der Waals surface area (Å²) in [5.74, 6) is 0.997. The Morgan fingerprint density at radius 1 is 1.38 bits per heavy atom. The number of benzene rings is 2. The summed E-state index contributed by atoms with van der Waals surface area (Å²) in [5, 5.41) is 3.22. The van der Waals surface area contributed by atoms with Gasteiger partial charge in [-0.05, 0) is 24.6 Å². The van der Waals surface area contributed by atoms with Crippen LogP contribution in [-0.4, -0.2) is 19.1 Å². The van der Waals surface area contributed by atoms with Crippen molar-refractivity contribution in [3.05, 3.63) is 59.2 Å². The predicted molar refractivity (Wildman–Crippen MR) is 92.0 cm³/mol. The van der Waals surface area contributed by atoms with Crippen molar-refractivity contribution in [3.8, 4) is 11.5 Å². The lowest BCUT2D eigenvalue weighted by molar-refractivity contribution is -0.120. The smallest absolute Gasteiger partial charge is 0.239 e.